The number of nitrogens with one attached hydrogen (secondary N) is 2. The molecule has 1 aromatic heterocycles. The van der Waals surface area contributed by atoms with Gasteiger partial charge in [-0.05, 0) is 25.0 Å². The minimum atomic E-state index is -4.77. The smallest absolute Gasteiger partial charge is 0.269 e. The summed E-state index contributed by atoms with van der Waals surface area (Å²) in [5.41, 5.74) is 0.485. The highest BCUT2D eigenvalue weighted by molar-refractivity contribution is 7.44. The molecule has 1 saturated heterocycles. The number of rotatable bonds is 10. The molecule has 1 aliphatic heterocycles. The molecule has 3 N–H and O–H groups in total. The molecule has 1 saturated carbocycles. The Kier molecular flexibility index (Phi) is 9.60. The number of likely N-dealkylation sites (tertiary alicyclic amines) is 1. The fourth-order valence-electron chi connectivity index (χ4n) is 5.19. The van der Waals surface area contributed by atoms with Gasteiger partial charge in [-0.2, -0.15) is 15.0 Å². The van der Waals surface area contributed by atoms with Gasteiger partial charge in [0.15, 0.2) is 18.3 Å². The molecule has 39 heavy (non-hydrogen) atoms. The summed E-state index contributed by atoms with van der Waals surface area (Å²) in [6, 6.07) is 4.95. The van der Waals surface area contributed by atoms with E-state index >= 15 is 0 Å². The van der Waals surface area contributed by atoms with Gasteiger partial charge in [-0.25, -0.2) is 4.39 Å². The molecular weight excluding hydrogens is 528 g/mol. The van der Waals surface area contributed by atoms with E-state index in [2.05, 4.69) is 25.1 Å². The number of anilines is 4. The largest absolute Gasteiger partial charge is 0.756 e. The zero-order chi connectivity index (χ0) is 28.0. The Bertz CT molecular complexity index is 1150. The summed E-state index contributed by atoms with van der Waals surface area (Å²) in [4.78, 5) is 36.0. The summed E-state index contributed by atoms with van der Waals surface area (Å²) in [5.74, 6) is 0.903. The molecule has 0 radical (unpaired) electrons. The van der Waals surface area contributed by atoms with E-state index in [1.54, 1.807) is 12.1 Å². The molecule has 2 heterocycles. The van der Waals surface area contributed by atoms with Crippen molar-refractivity contribution in [3.63, 3.8) is 0 Å². The molecule has 216 valence electrons. The van der Waals surface area contributed by atoms with Gasteiger partial charge in [0, 0.05) is 43.7 Å². The summed E-state index contributed by atoms with van der Waals surface area (Å²) in [7, 11) is 0.477. The van der Waals surface area contributed by atoms with Crippen LogP contribution in [0.15, 0.2) is 18.2 Å². The van der Waals surface area contributed by atoms with Gasteiger partial charge < -0.3 is 34.5 Å². The van der Waals surface area contributed by atoms with E-state index < -0.39 is 13.6 Å². The number of methoxy groups -OCH3 is 1. The van der Waals surface area contributed by atoms with Crippen molar-refractivity contribution in [3.05, 3.63) is 24.0 Å². The lowest BCUT2D eigenvalue weighted by Crippen LogP contribution is -2.54. The Morgan fingerprint density at radius 3 is 2.41 bits per heavy atom. The summed E-state index contributed by atoms with van der Waals surface area (Å²) in [5, 5.41) is 6.60. The first kappa shape index (κ1) is 29.4. The number of benzene rings is 1. The number of nitrogens with zero attached hydrogens (tertiary/aromatic N) is 5. The van der Waals surface area contributed by atoms with E-state index in [1.807, 2.05) is 19.0 Å². The SMILES string of the molecule is COc1ccc(Nc2nc(NC3CCCCCC3)nc(N(C)C3CC[N+](C)(COP(=O)([O-])O)CC3)n2)cc1F. The van der Waals surface area contributed by atoms with E-state index in [0.717, 1.165) is 38.5 Å². The minimum absolute atomic E-state index is 0.101. The van der Waals surface area contributed by atoms with E-state index in [1.165, 1.54) is 26.0 Å². The maximum atomic E-state index is 14.3. The summed E-state index contributed by atoms with van der Waals surface area (Å²) >= 11 is 0. The summed E-state index contributed by atoms with van der Waals surface area (Å²) in [6.07, 6.45) is 8.37. The van der Waals surface area contributed by atoms with Gasteiger partial charge in [0.05, 0.1) is 27.2 Å². The molecule has 1 aromatic carbocycles. The van der Waals surface area contributed by atoms with Gasteiger partial charge in [0.2, 0.25) is 17.8 Å². The van der Waals surface area contributed by atoms with E-state index in [-0.39, 0.29) is 24.6 Å². The Labute approximate surface area is 228 Å². The summed E-state index contributed by atoms with van der Waals surface area (Å²) in [6.45, 7) is 1.20. The summed E-state index contributed by atoms with van der Waals surface area (Å²) < 4.78 is 35.4. The number of halogens is 1. The number of phosphoric ester groups is 1. The third kappa shape index (κ3) is 8.46. The lowest BCUT2D eigenvalue weighted by molar-refractivity contribution is -0.929. The maximum Gasteiger partial charge on any atom is 0.269 e. The topological polar surface area (TPSA) is 145 Å². The zero-order valence-electron chi connectivity index (χ0n) is 22.8. The monoisotopic (exact) mass is 567 g/mol. The molecule has 1 unspecified atom stereocenters. The Morgan fingerprint density at radius 1 is 1.13 bits per heavy atom. The second kappa shape index (κ2) is 12.7. The minimum Gasteiger partial charge on any atom is -0.756 e. The highest BCUT2D eigenvalue weighted by Crippen LogP contribution is 2.33. The van der Waals surface area contributed by atoms with Crippen LogP contribution in [0.5, 0.6) is 5.75 Å². The van der Waals surface area contributed by atoms with Gasteiger partial charge in [-0.15, -0.1) is 0 Å². The van der Waals surface area contributed by atoms with Crippen LogP contribution in [-0.2, 0) is 9.09 Å². The molecule has 1 aliphatic carbocycles. The van der Waals surface area contributed by atoms with Crippen LogP contribution in [-0.4, -0.2) is 77.4 Å². The van der Waals surface area contributed by atoms with Crippen LogP contribution in [0, 0.1) is 5.82 Å². The van der Waals surface area contributed by atoms with Crippen LogP contribution in [0.4, 0.5) is 27.9 Å². The van der Waals surface area contributed by atoms with Crippen molar-refractivity contribution in [2.75, 3.05) is 56.6 Å². The highest BCUT2D eigenvalue weighted by atomic mass is 31.2. The quantitative estimate of drug-likeness (QED) is 0.221. The molecule has 14 heteroatoms. The second-order valence-corrected chi connectivity index (χ2v) is 11.9. The van der Waals surface area contributed by atoms with Crippen LogP contribution < -0.4 is 25.2 Å². The Hall–Kier alpha value is -2.57. The van der Waals surface area contributed by atoms with Crippen LogP contribution in [0.2, 0.25) is 0 Å². The van der Waals surface area contributed by atoms with Crippen molar-refractivity contribution >= 4 is 31.4 Å². The lowest BCUT2D eigenvalue weighted by atomic mass is 10.0. The van der Waals surface area contributed by atoms with Gasteiger partial charge in [-0.3, -0.25) is 9.09 Å². The average Bonchev–Trinajstić information content (AvgIpc) is 3.16. The van der Waals surface area contributed by atoms with Crippen LogP contribution in [0.25, 0.3) is 0 Å². The molecule has 2 aromatic rings. The number of piperidine rings is 1. The van der Waals surface area contributed by atoms with Gasteiger partial charge >= 0.3 is 0 Å². The van der Waals surface area contributed by atoms with Crippen molar-refractivity contribution in [2.24, 2.45) is 0 Å². The van der Waals surface area contributed by atoms with Crippen LogP contribution in [0.3, 0.4) is 0 Å². The van der Waals surface area contributed by atoms with Gasteiger partial charge in [0.25, 0.3) is 7.82 Å². The first-order valence-electron chi connectivity index (χ1n) is 13.4. The molecule has 2 aliphatic rings. The lowest BCUT2D eigenvalue weighted by Gasteiger charge is -2.42. The third-order valence-electron chi connectivity index (χ3n) is 7.62. The average molecular weight is 568 g/mol. The predicted molar refractivity (Wildman–Crippen MR) is 144 cm³/mol. The number of hydrogen-bond donors (Lipinski definition) is 3. The first-order valence-corrected chi connectivity index (χ1v) is 14.9. The van der Waals surface area contributed by atoms with Gasteiger partial charge in [-0.1, -0.05) is 25.7 Å². The number of aromatic nitrogens is 3. The predicted octanol–water partition coefficient (Wildman–Crippen LogP) is 3.38. The second-order valence-electron chi connectivity index (χ2n) is 10.7. The molecule has 0 amide bonds. The third-order valence-corrected chi connectivity index (χ3v) is 8.06. The molecular formula is C25H39FN7O5P. The fraction of sp³-hybridized carbons (Fsp3) is 0.640. The van der Waals surface area contributed by atoms with E-state index in [0.29, 0.717) is 41.1 Å². The number of hydrogen-bond acceptors (Lipinski definition) is 10. The number of phosphoric acid groups is 1. The zero-order valence-corrected chi connectivity index (χ0v) is 23.7. The molecule has 4 rings (SSSR count). The maximum absolute atomic E-state index is 14.3. The number of ether oxygens (including phenoxy) is 1. The number of quaternary nitrogens is 1. The van der Waals surface area contributed by atoms with Crippen molar-refractivity contribution < 1.29 is 32.5 Å². The molecule has 12 nitrogen and oxygen atoms in total. The Balaban J connectivity index is 1.52. The molecule has 2 fully saturated rings. The van der Waals surface area contributed by atoms with Crippen molar-refractivity contribution in [2.45, 2.75) is 63.5 Å². The van der Waals surface area contributed by atoms with Gasteiger partial charge in [0.1, 0.15) is 0 Å². The fourth-order valence-corrected chi connectivity index (χ4v) is 5.62. The van der Waals surface area contributed by atoms with Crippen LogP contribution in [0.1, 0.15) is 51.4 Å². The Morgan fingerprint density at radius 2 is 1.79 bits per heavy atom. The van der Waals surface area contributed by atoms with Crippen molar-refractivity contribution in [1.82, 2.24) is 15.0 Å². The van der Waals surface area contributed by atoms with E-state index in [9.17, 15) is 13.8 Å². The molecule has 0 spiro atoms. The standard InChI is InChI=1S/C25H39FN7O5P/c1-32(20-12-14-33(2,15-13-20)17-38-39(34,35)36)25-30-23(27-18-8-6-4-5-7-9-18)29-24(31-25)28-19-10-11-22(37-3)21(26)16-19/h10-11,16,18,20H,4-9,12-15,17H2,1-3H3,(H3-,27,28,29,30,31,34,35,36). The highest BCUT2D eigenvalue weighted by Gasteiger charge is 2.34. The van der Waals surface area contributed by atoms with E-state index in [4.69, 9.17) is 14.6 Å². The molecule has 0 bridgehead atoms. The van der Waals surface area contributed by atoms with Crippen molar-refractivity contribution in [1.29, 1.82) is 0 Å². The van der Waals surface area contributed by atoms with Crippen LogP contribution >= 0.6 is 7.82 Å². The first-order chi connectivity index (χ1) is 18.5. The van der Waals surface area contributed by atoms with Crippen molar-refractivity contribution in [3.8, 4) is 5.75 Å². The molecule has 1 atom stereocenters. The normalized spacial score (nSPS) is 23.9.